The van der Waals surface area contributed by atoms with E-state index in [0.717, 1.165) is 22.3 Å². The minimum atomic E-state index is -0.114. The predicted molar refractivity (Wildman–Crippen MR) is 136 cm³/mol. The van der Waals surface area contributed by atoms with Crippen LogP contribution in [0.1, 0.15) is 11.1 Å². The zero-order valence-corrected chi connectivity index (χ0v) is 20.2. The second-order valence-corrected chi connectivity index (χ2v) is 9.09. The number of nitrogens with zero attached hydrogens (tertiary/aromatic N) is 2. The molecule has 0 radical (unpaired) electrons. The topological polar surface area (TPSA) is 62.1 Å². The number of para-hydroxylation sites is 2. The summed E-state index contributed by atoms with van der Waals surface area (Å²) in [7, 11) is 1.55. The molecule has 3 aromatic carbocycles. The zero-order chi connectivity index (χ0) is 23.7. The van der Waals surface area contributed by atoms with E-state index >= 15 is 0 Å². The first-order valence-electron chi connectivity index (χ1n) is 10.6. The molecule has 6 nitrogen and oxygen atoms in total. The number of aromatic nitrogens is 2. The monoisotopic (exact) mass is 492 g/mol. The van der Waals surface area contributed by atoms with Crippen molar-refractivity contribution in [2.24, 2.45) is 0 Å². The first kappa shape index (κ1) is 22.3. The molecule has 0 N–H and O–H groups in total. The van der Waals surface area contributed by atoms with E-state index in [-0.39, 0.29) is 5.56 Å². The van der Waals surface area contributed by atoms with Gasteiger partial charge in [0.1, 0.15) is 19.0 Å². The number of ether oxygens (including phenoxy) is 3. The van der Waals surface area contributed by atoms with Gasteiger partial charge in [0.15, 0.2) is 16.5 Å². The largest absolute Gasteiger partial charge is 0.493 e. The maximum absolute atomic E-state index is 13.0. The third-order valence-corrected chi connectivity index (χ3v) is 6.56. The van der Waals surface area contributed by atoms with Gasteiger partial charge in [-0.3, -0.25) is 4.79 Å². The van der Waals surface area contributed by atoms with E-state index < -0.39 is 0 Å². The van der Waals surface area contributed by atoms with Crippen molar-refractivity contribution in [3.05, 3.63) is 91.7 Å². The molecule has 34 heavy (non-hydrogen) atoms. The molecular weight excluding hydrogens is 472 g/mol. The van der Waals surface area contributed by atoms with E-state index in [0.29, 0.717) is 39.2 Å². The molecular formula is C26H21ClN2O4S. The minimum Gasteiger partial charge on any atom is -0.493 e. The fraction of sp³-hybridized carbons (Fsp3) is 0.154. The Balaban J connectivity index is 1.38. The number of thiazole rings is 1. The van der Waals surface area contributed by atoms with Gasteiger partial charge < -0.3 is 14.2 Å². The van der Waals surface area contributed by atoms with Crippen LogP contribution in [0.15, 0.2) is 65.5 Å². The average Bonchev–Trinajstić information content (AvgIpc) is 3.34. The van der Waals surface area contributed by atoms with Gasteiger partial charge in [-0.25, -0.2) is 9.38 Å². The van der Waals surface area contributed by atoms with Gasteiger partial charge in [-0.15, -0.1) is 0 Å². The summed E-state index contributed by atoms with van der Waals surface area (Å²) in [5.41, 5.74) is 3.39. The smallest absolute Gasteiger partial charge is 0.274 e. The third-order valence-electron chi connectivity index (χ3n) is 5.31. The normalized spacial score (nSPS) is 11.9. The fourth-order valence-electron chi connectivity index (χ4n) is 3.66. The Bertz CT molecular complexity index is 1590. The molecule has 0 fully saturated rings. The lowest BCUT2D eigenvalue weighted by molar-refractivity contribution is 0.211. The molecule has 0 bridgehead atoms. The molecule has 0 aliphatic rings. The molecule has 0 aliphatic carbocycles. The minimum absolute atomic E-state index is 0.114. The number of aryl methyl sites for hydroxylation is 1. The van der Waals surface area contributed by atoms with Crippen LogP contribution in [0.3, 0.4) is 0 Å². The Morgan fingerprint density at radius 2 is 1.82 bits per heavy atom. The van der Waals surface area contributed by atoms with E-state index in [4.69, 9.17) is 25.8 Å². The molecule has 0 saturated carbocycles. The first-order chi connectivity index (χ1) is 16.5. The predicted octanol–water partition coefficient (Wildman–Crippen LogP) is 4.89. The van der Waals surface area contributed by atoms with Crippen LogP contribution in [0.2, 0.25) is 5.02 Å². The van der Waals surface area contributed by atoms with Crippen molar-refractivity contribution in [3.63, 3.8) is 0 Å². The van der Waals surface area contributed by atoms with Crippen LogP contribution >= 0.6 is 22.9 Å². The standard InChI is InChI=1S/C26H21ClN2O4S/c1-16-7-9-18(10-8-16)32-11-12-33-24-19(27)13-17(14-22(24)31-2)15-23-25(30)29-21-6-4-3-5-20(21)28-26(29)34-23/h3-10,13-15H,11-12H2,1-2H3/b23-15-. The Labute approximate surface area is 204 Å². The lowest BCUT2D eigenvalue weighted by atomic mass is 10.2. The molecule has 2 aromatic heterocycles. The lowest BCUT2D eigenvalue weighted by Gasteiger charge is -2.14. The molecule has 172 valence electrons. The number of halogens is 1. The van der Waals surface area contributed by atoms with Crippen LogP contribution in [0.4, 0.5) is 0 Å². The lowest BCUT2D eigenvalue weighted by Crippen LogP contribution is -2.22. The van der Waals surface area contributed by atoms with E-state index in [1.165, 1.54) is 16.9 Å². The van der Waals surface area contributed by atoms with Crippen molar-refractivity contribution >= 4 is 45.0 Å². The fourth-order valence-corrected chi connectivity index (χ4v) is 4.92. The van der Waals surface area contributed by atoms with Crippen LogP contribution in [0.5, 0.6) is 17.2 Å². The molecule has 2 heterocycles. The van der Waals surface area contributed by atoms with E-state index in [1.807, 2.05) is 55.5 Å². The van der Waals surface area contributed by atoms with E-state index in [9.17, 15) is 4.79 Å². The van der Waals surface area contributed by atoms with Gasteiger partial charge in [-0.05, 0) is 55.0 Å². The molecule has 8 heteroatoms. The second-order valence-electron chi connectivity index (χ2n) is 7.68. The van der Waals surface area contributed by atoms with E-state index in [2.05, 4.69) is 4.98 Å². The van der Waals surface area contributed by atoms with Gasteiger partial charge in [0.2, 0.25) is 0 Å². The van der Waals surface area contributed by atoms with Crippen LogP contribution in [0, 0.1) is 6.92 Å². The van der Waals surface area contributed by atoms with Crippen LogP contribution in [0.25, 0.3) is 22.1 Å². The van der Waals surface area contributed by atoms with Crippen LogP contribution in [-0.4, -0.2) is 29.7 Å². The van der Waals surface area contributed by atoms with Gasteiger partial charge in [0.25, 0.3) is 5.56 Å². The van der Waals surface area contributed by atoms with Crippen molar-refractivity contribution in [1.82, 2.24) is 9.38 Å². The average molecular weight is 493 g/mol. The van der Waals surface area contributed by atoms with Crippen molar-refractivity contribution < 1.29 is 14.2 Å². The maximum atomic E-state index is 13.0. The van der Waals surface area contributed by atoms with Crippen LogP contribution < -0.4 is 24.3 Å². The summed E-state index contributed by atoms with van der Waals surface area (Å²) in [6, 6.07) is 19.0. The van der Waals surface area contributed by atoms with Crippen molar-refractivity contribution in [1.29, 1.82) is 0 Å². The highest BCUT2D eigenvalue weighted by molar-refractivity contribution is 7.15. The summed E-state index contributed by atoms with van der Waals surface area (Å²) in [6.07, 6.45) is 1.79. The van der Waals surface area contributed by atoms with Gasteiger partial charge in [-0.1, -0.05) is 52.8 Å². The Morgan fingerprint density at radius 3 is 2.62 bits per heavy atom. The van der Waals surface area contributed by atoms with Gasteiger partial charge in [0, 0.05) is 0 Å². The van der Waals surface area contributed by atoms with Gasteiger partial charge >= 0.3 is 0 Å². The third kappa shape index (κ3) is 4.32. The highest BCUT2D eigenvalue weighted by Crippen LogP contribution is 2.36. The summed E-state index contributed by atoms with van der Waals surface area (Å²) in [4.78, 5) is 18.2. The maximum Gasteiger partial charge on any atom is 0.274 e. The molecule has 0 amide bonds. The second kappa shape index (κ2) is 9.37. The molecule has 0 spiro atoms. The molecule has 5 rings (SSSR count). The molecule has 0 aliphatic heterocycles. The van der Waals surface area contributed by atoms with Crippen LogP contribution in [-0.2, 0) is 0 Å². The molecule has 0 saturated heterocycles. The summed E-state index contributed by atoms with van der Waals surface area (Å²) < 4.78 is 19.3. The Kier molecular flexibility index (Phi) is 6.13. The quantitative estimate of drug-likeness (QED) is 0.303. The number of benzene rings is 3. The van der Waals surface area contributed by atoms with Gasteiger partial charge in [-0.2, -0.15) is 0 Å². The zero-order valence-electron chi connectivity index (χ0n) is 18.6. The molecule has 5 aromatic rings. The summed E-state index contributed by atoms with van der Waals surface area (Å²) in [5, 5.41) is 0.389. The SMILES string of the molecule is COc1cc(/C=c2\sc3nc4ccccc4n3c2=O)cc(Cl)c1OCCOc1ccc(C)cc1. The molecule has 0 atom stereocenters. The highest BCUT2D eigenvalue weighted by atomic mass is 35.5. The number of imidazole rings is 1. The number of rotatable bonds is 7. The number of methoxy groups -OCH3 is 1. The van der Waals surface area contributed by atoms with Gasteiger partial charge in [0.05, 0.1) is 27.7 Å². The highest BCUT2D eigenvalue weighted by Gasteiger charge is 2.14. The summed E-state index contributed by atoms with van der Waals surface area (Å²) in [5.74, 6) is 1.69. The number of hydrogen-bond donors (Lipinski definition) is 0. The Hall–Kier alpha value is -3.55. The number of fused-ring (bicyclic) bond motifs is 3. The molecule has 0 unspecified atom stereocenters. The Morgan fingerprint density at radius 1 is 1.06 bits per heavy atom. The van der Waals surface area contributed by atoms with Crippen molar-refractivity contribution in [3.8, 4) is 17.2 Å². The first-order valence-corrected chi connectivity index (χ1v) is 11.8. The van der Waals surface area contributed by atoms with Crippen molar-refractivity contribution in [2.45, 2.75) is 6.92 Å². The van der Waals surface area contributed by atoms with E-state index in [1.54, 1.807) is 29.7 Å². The summed E-state index contributed by atoms with van der Waals surface area (Å²) >= 11 is 7.85. The number of hydrogen-bond acceptors (Lipinski definition) is 6. The summed E-state index contributed by atoms with van der Waals surface area (Å²) in [6.45, 7) is 2.68. The van der Waals surface area contributed by atoms with Crippen molar-refractivity contribution in [2.75, 3.05) is 20.3 Å².